The molecule has 0 heterocycles. The van der Waals surface area contributed by atoms with E-state index in [1.54, 1.807) is 11.1 Å². The zero-order chi connectivity index (χ0) is 13.5. The molecular weight excluding hydrogens is 277 g/mol. The summed E-state index contributed by atoms with van der Waals surface area (Å²) in [5.41, 5.74) is 4.96. The van der Waals surface area contributed by atoms with Crippen molar-refractivity contribution in [1.29, 1.82) is 0 Å². The third kappa shape index (κ3) is 2.09. The van der Waals surface area contributed by atoms with Crippen molar-refractivity contribution < 1.29 is 0 Å². The first-order valence-corrected chi connectivity index (χ1v) is 13.2. The average Bonchev–Trinajstić information content (AvgIpc) is 2.84. The van der Waals surface area contributed by atoms with E-state index in [0.717, 1.165) is 0 Å². The van der Waals surface area contributed by atoms with Crippen LogP contribution in [-0.2, 0) is 0 Å². The van der Waals surface area contributed by atoms with Gasteiger partial charge in [0.2, 0.25) is 0 Å². The monoisotopic (exact) mass is 304 g/mol. The molecule has 0 aromatic rings. The summed E-state index contributed by atoms with van der Waals surface area (Å²) in [5, 5.41) is 0. The SMILES string of the molecule is CC1=CC=CC1(C)C1=CC[C]([GeH]([CH3])[CH3])=C1C(C)C. The van der Waals surface area contributed by atoms with Crippen molar-refractivity contribution >= 4 is 14.3 Å². The van der Waals surface area contributed by atoms with E-state index >= 15 is 0 Å². The second-order valence-corrected chi connectivity index (χ2v) is 12.8. The minimum absolute atomic E-state index is 0.165. The molecule has 2 aliphatic rings. The van der Waals surface area contributed by atoms with Crippen LogP contribution in [0, 0.1) is 11.3 Å². The van der Waals surface area contributed by atoms with Gasteiger partial charge in [-0.15, -0.1) is 0 Å². The molecule has 0 spiro atoms. The van der Waals surface area contributed by atoms with Crippen molar-refractivity contribution in [2.75, 3.05) is 0 Å². The molecule has 0 N–H and O–H groups in total. The number of rotatable bonds is 3. The third-order valence-corrected chi connectivity index (χ3v) is 8.66. The van der Waals surface area contributed by atoms with Gasteiger partial charge in [-0.05, 0) is 0 Å². The average molecular weight is 303 g/mol. The Morgan fingerprint density at radius 2 is 1.94 bits per heavy atom. The molecule has 0 aromatic heterocycles. The Bertz CT molecular complexity index is 472. The van der Waals surface area contributed by atoms with Crippen LogP contribution in [-0.4, -0.2) is 14.3 Å². The molecule has 0 nitrogen and oxygen atoms in total. The maximum atomic E-state index is 2.52. The van der Waals surface area contributed by atoms with Gasteiger partial charge in [0.15, 0.2) is 0 Å². The summed E-state index contributed by atoms with van der Waals surface area (Å²) in [6.07, 6.45) is 10.6. The topological polar surface area (TPSA) is 0 Å². The Balaban J connectivity index is 2.48. The van der Waals surface area contributed by atoms with Crippen molar-refractivity contribution in [3.8, 4) is 0 Å². The Hall–Kier alpha value is -0.497. The van der Waals surface area contributed by atoms with Crippen LogP contribution in [0.1, 0.15) is 34.1 Å². The molecule has 0 amide bonds. The van der Waals surface area contributed by atoms with E-state index in [1.165, 1.54) is 12.0 Å². The van der Waals surface area contributed by atoms with Crippen LogP contribution >= 0.6 is 0 Å². The van der Waals surface area contributed by atoms with Crippen LogP contribution in [0.25, 0.3) is 0 Å². The quantitative estimate of drug-likeness (QED) is 0.656. The fourth-order valence-corrected chi connectivity index (χ4v) is 6.88. The van der Waals surface area contributed by atoms with Crippen LogP contribution in [0.4, 0.5) is 0 Å². The molecule has 2 rings (SSSR count). The molecule has 0 fully saturated rings. The van der Waals surface area contributed by atoms with Crippen LogP contribution in [0.2, 0.25) is 11.5 Å². The van der Waals surface area contributed by atoms with Crippen molar-refractivity contribution in [3.05, 3.63) is 45.4 Å². The Morgan fingerprint density at radius 1 is 1.28 bits per heavy atom. The molecule has 0 bridgehead atoms. The summed E-state index contributed by atoms with van der Waals surface area (Å²) in [6.45, 7) is 9.38. The van der Waals surface area contributed by atoms with Gasteiger partial charge >= 0.3 is 117 Å². The van der Waals surface area contributed by atoms with Gasteiger partial charge in [-0.1, -0.05) is 0 Å². The first-order chi connectivity index (χ1) is 8.38. The Kier molecular flexibility index (Phi) is 3.78. The van der Waals surface area contributed by atoms with Crippen LogP contribution in [0.3, 0.4) is 0 Å². The third-order valence-electron chi connectivity index (χ3n) is 4.59. The molecule has 98 valence electrons. The summed E-state index contributed by atoms with van der Waals surface area (Å²) in [4.78, 5) is 0. The fraction of sp³-hybridized carbons (Fsp3) is 0.529. The second-order valence-electron chi connectivity index (χ2n) is 6.48. The van der Waals surface area contributed by atoms with E-state index in [2.05, 4.69) is 63.5 Å². The number of allylic oxidation sites excluding steroid dienone is 8. The van der Waals surface area contributed by atoms with Crippen molar-refractivity contribution in [1.82, 2.24) is 0 Å². The Morgan fingerprint density at radius 3 is 2.39 bits per heavy atom. The van der Waals surface area contributed by atoms with Gasteiger partial charge in [0.05, 0.1) is 0 Å². The molecule has 0 radical (unpaired) electrons. The van der Waals surface area contributed by atoms with Crippen LogP contribution < -0.4 is 0 Å². The first-order valence-electron chi connectivity index (χ1n) is 7.18. The van der Waals surface area contributed by atoms with Gasteiger partial charge in [-0.3, -0.25) is 0 Å². The number of hydrogen-bond donors (Lipinski definition) is 0. The zero-order valence-corrected chi connectivity index (χ0v) is 15.1. The molecule has 1 atom stereocenters. The normalized spacial score (nSPS) is 27.6. The minimum atomic E-state index is -1.16. The van der Waals surface area contributed by atoms with Crippen LogP contribution in [0.5, 0.6) is 0 Å². The molecule has 0 aromatic carbocycles. The van der Waals surface area contributed by atoms with Crippen molar-refractivity contribution in [2.24, 2.45) is 11.3 Å². The molecule has 1 heteroatoms. The summed E-state index contributed by atoms with van der Waals surface area (Å²) in [7, 11) is 0. The van der Waals surface area contributed by atoms with E-state index < -0.39 is 14.3 Å². The van der Waals surface area contributed by atoms with E-state index in [9.17, 15) is 0 Å². The maximum absolute atomic E-state index is 2.52. The molecule has 0 saturated carbocycles. The molecular formula is C17H26Ge. The molecule has 18 heavy (non-hydrogen) atoms. The van der Waals surface area contributed by atoms with Gasteiger partial charge in [-0.25, -0.2) is 0 Å². The van der Waals surface area contributed by atoms with Gasteiger partial charge < -0.3 is 0 Å². The van der Waals surface area contributed by atoms with E-state index in [0.29, 0.717) is 5.92 Å². The summed E-state index contributed by atoms with van der Waals surface area (Å²) in [6, 6.07) is 0. The van der Waals surface area contributed by atoms with Crippen LogP contribution in [0.15, 0.2) is 45.4 Å². The predicted molar refractivity (Wildman–Crippen MR) is 84.4 cm³/mol. The zero-order valence-electron chi connectivity index (χ0n) is 12.7. The summed E-state index contributed by atoms with van der Waals surface area (Å²) >= 11 is -1.16. The first kappa shape index (κ1) is 13.9. The van der Waals surface area contributed by atoms with Crippen molar-refractivity contribution in [2.45, 2.75) is 45.6 Å². The van der Waals surface area contributed by atoms with Gasteiger partial charge in [-0.2, -0.15) is 0 Å². The van der Waals surface area contributed by atoms with Gasteiger partial charge in [0.1, 0.15) is 0 Å². The van der Waals surface area contributed by atoms with Gasteiger partial charge in [0.25, 0.3) is 0 Å². The summed E-state index contributed by atoms with van der Waals surface area (Å²) in [5.74, 6) is 5.69. The summed E-state index contributed by atoms with van der Waals surface area (Å²) < 4.78 is 1.84. The second kappa shape index (κ2) is 4.88. The molecule has 1 unspecified atom stereocenters. The van der Waals surface area contributed by atoms with E-state index in [4.69, 9.17) is 0 Å². The standard InChI is InChI=1S/C17H26Ge/c1-12(2)16-14(9-10-15(16)18(5)6)17(4)11-7-8-13(17)3/h7-9,11-12,18H,10H2,1-6H3. The van der Waals surface area contributed by atoms with E-state index in [1.807, 2.05) is 4.41 Å². The predicted octanol–water partition coefficient (Wildman–Crippen LogP) is 4.82. The molecule has 2 aliphatic carbocycles. The Labute approximate surface area is 117 Å². The van der Waals surface area contributed by atoms with Crippen molar-refractivity contribution in [3.63, 3.8) is 0 Å². The fourth-order valence-electron chi connectivity index (χ4n) is 3.32. The van der Waals surface area contributed by atoms with Gasteiger partial charge in [0, 0.05) is 0 Å². The molecule has 0 aliphatic heterocycles. The van der Waals surface area contributed by atoms with E-state index in [-0.39, 0.29) is 5.41 Å². The molecule has 0 saturated heterocycles. The number of hydrogen-bond acceptors (Lipinski definition) is 0.